The maximum absolute atomic E-state index is 12.8. The fourth-order valence-corrected chi connectivity index (χ4v) is 3.62. The lowest BCUT2D eigenvalue weighted by molar-refractivity contribution is -0.129. The molecule has 1 aliphatic rings. The Labute approximate surface area is 169 Å². The normalized spacial score (nSPS) is 18.1. The lowest BCUT2D eigenvalue weighted by Gasteiger charge is -2.25. The smallest absolute Gasteiger partial charge is 0.223 e. The molecule has 1 amide bonds. The van der Waals surface area contributed by atoms with Crippen LogP contribution in [0.1, 0.15) is 36.2 Å². The van der Waals surface area contributed by atoms with E-state index in [1.807, 2.05) is 65.6 Å². The molecule has 2 aromatic carbocycles. The first-order chi connectivity index (χ1) is 14.2. The first-order valence-corrected chi connectivity index (χ1v) is 9.69. The highest BCUT2D eigenvalue weighted by Gasteiger charge is 2.37. The van der Waals surface area contributed by atoms with Crippen molar-refractivity contribution in [3.05, 3.63) is 90.1 Å². The van der Waals surface area contributed by atoms with E-state index in [0.717, 1.165) is 11.1 Å². The zero-order chi connectivity index (χ0) is 20.1. The van der Waals surface area contributed by atoms with Crippen molar-refractivity contribution in [3.8, 4) is 0 Å². The second kappa shape index (κ2) is 8.73. The molecule has 148 valence electrons. The van der Waals surface area contributed by atoms with E-state index in [2.05, 4.69) is 17.1 Å². The van der Waals surface area contributed by atoms with E-state index < -0.39 is 0 Å². The molecule has 0 N–H and O–H groups in total. The minimum absolute atomic E-state index is 0.00232. The van der Waals surface area contributed by atoms with Gasteiger partial charge in [-0.15, -0.1) is 0 Å². The Morgan fingerprint density at radius 1 is 1.21 bits per heavy atom. The summed E-state index contributed by atoms with van der Waals surface area (Å²) >= 11 is 0. The van der Waals surface area contributed by atoms with Crippen LogP contribution in [-0.4, -0.2) is 28.0 Å². The van der Waals surface area contributed by atoms with Crippen molar-refractivity contribution in [2.45, 2.75) is 26.0 Å². The minimum Gasteiger partial charge on any atom is -0.451 e. The van der Waals surface area contributed by atoms with Crippen LogP contribution in [0.4, 0.5) is 0 Å². The molecule has 0 saturated carbocycles. The van der Waals surface area contributed by atoms with Crippen LogP contribution in [0.2, 0.25) is 0 Å². The highest BCUT2D eigenvalue weighted by molar-refractivity contribution is 6.03. The van der Waals surface area contributed by atoms with Crippen LogP contribution in [-0.2, 0) is 16.2 Å². The molecule has 1 aliphatic heterocycles. The summed E-state index contributed by atoms with van der Waals surface area (Å²) in [5.74, 6) is 0.000132. The predicted molar refractivity (Wildman–Crippen MR) is 109 cm³/mol. The molecular formula is C23H23N3O3. The summed E-state index contributed by atoms with van der Waals surface area (Å²) in [4.78, 5) is 24.5. The number of amides is 1. The molecule has 6 heteroatoms. The summed E-state index contributed by atoms with van der Waals surface area (Å²) in [7, 11) is 0. The third-order valence-electron chi connectivity index (χ3n) is 5.23. The number of oxime groups is 1. The van der Waals surface area contributed by atoms with Crippen LogP contribution in [0, 0.1) is 5.92 Å². The number of carbonyl (C=O) groups excluding carboxylic acids is 1. The summed E-state index contributed by atoms with van der Waals surface area (Å²) in [6.07, 6.45) is 3.28. The van der Waals surface area contributed by atoms with E-state index >= 15 is 0 Å². The van der Waals surface area contributed by atoms with Gasteiger partial charge in [0.25, 0.3) is 0 Å². The third kappa shape index (κ3) is 4.37. The van der Waals surface area contributed by atoms with Crippen molar-refractivity contribution in [2.75, 3.05) is 6.54 Å². The number of rotatable bonds is 7. The molecule has 6 nitrogen and oxygen atoms in total. The van der Waals surface area contributed by atoms with E-state index in [1.54, 1.807) is 6.26 Å². The van der Waals surface area contributed by atoms with E-state index in [0.29, 0.717) is 31.0 Å². The monoisotopic (exact) mass is 389 g/mol. The van der Waals surface area contributed by atoms with Crippen LogP contribution < -0.4 is 0 Å². The van der Waals surface area contributed by atoms with Crippen molar-refractivity contribution in [1.82, 2.24) is 9.88 Å². The molecule has 2 heterocycles. The summed E-state index contributed by atoms with van der Waals surface area (Å²) in [5, 5.41) is 4.36. The van der Waals surface area contributed by atoms with Crippen LogP contribution >= 0.6 is 0 Å². The van der Waals surface area contributed by atoms with Gasteiger partial charge in [-0.05, 0) is 18.1 Å². The van der Waals surface area contributed by atoms with Crippen molar-refractivity contribution < 1.29 is 14.0 Å². The fraction of sp³-hybridized carbons (Fsp3) is 0.261. The third-order valence-corrected chi connectivity index (χ3v) is 5.23. The SMILES string of the molecule is C[C@H](c1ccccc1)N1CC(C(=NOCc2ccccc2)c2cocn2)CC1=O. The van der Waals surface area contributed by atoms with Crippen molar-refractivity contribution >= 4 is 11.6 Å². The molecule has 1 fully saturated rings. The van der Waals surface area contributed by atoms with Gasteiger partial charge in [-0.1, -0.05) is 65.8 Å². The van der Waals surface area contributed by atoms with Gasteiger partial charge in [0.15, 0.2) is 6.39 Å². The van der Waals surface area contributed by atoms with E-state index in [4.69, 9.17) is 9.25 Å². The van der Waals surface area contributed by atoms with Gasteiger partial charge in [-0.2, -0.15) is 0 Å². The number of carbonyl (C=O) groups is 1. The number of benzene rings is 2. The summed E-state index contributed by atoms with van der Waals surface area (Å²) < 4.78 is 5.14. The molecule has 2 atom stereocenters. The van der Waals surface area contributed by atoms with E-state index in [1.165, 1.54) is 6.39 Å². The quantitative estimate of drug-likeness (QED) is 0.448. The van der Waals surface area contributed by atoms with Gasteiger partial charge in [0.1, 0.15) is 24.3 Å². The standard InChI is InChI=1S/C23H23N3O3/c1-17(19-10-6-3-7-11-19)26-13-20(12-22(26)27)23(21-15-28-16-24-21)25-29-14-18-8-4-2-5-9-18/h2-11,15-17,20H,12-14H2,1H3/t17-,20?/m1/s1. The Morgan fingerprint density at radius 3 is 2.62 bits per heavy atom. The molecule has 4 rings (SSSR count). The lowest BCUT2D eigenvalue weighted by Crippen LogP contribution is -2.29. The second-order valence-electron chi connectivity index (χ2n) is 7.14. The average Bonchev–Trinajstić information content (AvgIpc) is 3.42. The number of nitrogens with zero attached hydrogens (tertiary/aromatic N) is 3. The summed E-state index contributed by atoms with van der Waals surface area (Å²) in [6, 6.07) is 19.9. The van der Waals surface area contributed by atoms with Gasteiger partial charge in [0, 0.05) is 18.9 Å². The number of aromatic nitrogens is 1. The Balaban J connectivity index is 1.51. The zero-order valence-corrected chi connectivity index (χ0v) is 16.3. The van der Waals surface area contributed by atoms with Crippen LogP contribution in [0.3, 0.4) is 0 Å². The molecule has 0 radical (unpaired) electrons. The molecule has 1 saturated heterocycles. The molecule has 0 bridgehead atoms. The van der Waals surface area contributed by atoms with Gasteiger partial charge in [-0.25, -0.2) is 4.98 Å². The lowest BCUT2D eigenvalue weighted by atomic mass is 10.00. The van der Waals surface area contributed by atoms with Crippen LogP contribution in [0.5, 0.6) is 0 Å². The Morgan fingerprint density at radius 2 is 1.93 bits per heavy atom. The van der Waals surface area contributed by atoms with Crippen molar-refractivity contribution in [1.29, 1.82) is 0 Å². The Hall–Kier alpha value is -3.41. The fourth-order valence-electron chi connectivity index (χ4n) is 3.62. The van der Waals surface area contributed by atoms with Gasteiger partial charge >= 0.3 is 0 Å². The maximum Gasteiger partial charge on any atom is 0.223 e. The molecule has 0 spiro atoms. The van der Waals surface area contributed by atoms with Gasteiger partial charge < -0.3 is 14.2 Å². The maximum atomic E-state index is 12.8. The van der Waals surface area contributed by atoms with E-state index in [-0.39, 0.29) is 17.9 Å². The van der Waals surface area contributed by atoms with Crippen molar-refractivity contribution in [3.63, 3.8) is 0 Å². The molecule has 0 aliphatic carbocycles. The largest absolute Gasteiger partial charge is 0.451 e. The number of oxazole rings is 1. The van der Waals surface area contributed by atoms with E-state index in [9.17, 15) is 4.79 Å². The summed E-state index contributed by atoms with van der Waals surface area (Å²) in [6.45, 7) is 2.97. The Kier molecular flexibility index (Phi) is 5.70. The van der Waals surface area contributed by atoms with Crippen LogP contribution in [0.25, 0.3) is 0 Å². The zero-order valence-electron chi connectivity index (χ0n) is 16.3. The predicted octanol–water partition coefficient (Wildman–Crippen LogP) is 4.21. The minimum atomic E-state index is -0.102. The summed E-state index contributed by atoms with van der Waals surface area (Å²) in [5.41, 5.74) is 3.38. The van der Waals surface area contributed by atoms with Crippen molar-refractivity contribution in [2.24, 2.45) is 11.1 Å². The number of hydrogen-bond acceptors (Lipinski definition) is 5. The van der Waals surface area contributed by atoms with Gasteiger partial charge in [-0.3, -0.25) is 4.79 Å². The highest BCUT2D eigenvalue weighted by atomic mass is 16.6. The number of likely N-dealkylation sites (tertiary alicyclic amines) is 1. The van der Waals surface area contributed by atoms with Gasteiger partial charge in [0.2, 0.25) is 5.91 Å². The topological polar surface area (TPSA) is 67.9 Å². The second-order valence-corrected chi connectivity index (χ2v) is 7.14. The first kappa shape index (κ1) is 18.9. The molecule has 29 heavy (non-hydrogen) atoms. The molecule has 3 aromatic rings. The number of hydrogen-bond donors (Lipinski definition) is 0. The molecule has 1 aromatic heterocycles. The Bertz CT molecular complexity index is 956. The molecular weight excluding hydrogens is 366 g/mol. The van der Waals surface area contributed by atoms with Gasteiger partial charge in [0.05, 0.1) is 6.04 Å². The highest BCUT2D eigenvalue weighted by Crippen LogP contribution is 2.30. The first-order valence-electron chi connectivity index (χ1n) is 9.69. The average molecular weight is 389 g/mol. The molecule has 1 unspecified atom stereocenters. The van der Waals surface area contributed by atoms with Crippen LogP contribution in [0.15, 0.2) is 82.9 Å².